The molecule has 0 atom stereocenters. The first-order valence-corrected chi connectivity index (χ1v) is 3.63. The van der Waals surface area contributed by atoms with Crippen molar-refractivity contribution in [2.75, 3.05) is 13.2 Å². The van der Waals surface area contributed by atoms with Gasteiger partial charge in [-0.3, -0.25) is 0 Å². The molecule has 0 unspecified atom stereocenters. The van der Waals surface area contributed by atoms with E-state index in [4.69, 9.17) is 10.2 Å². The summed E-state index contributed by atoms with van der Waals surface area (Å²) in [5, 5.41) is 16.7. The van der Waals surface area contributed by atoms with Gasteiger partial charge in [0.25, 0.3) is 0 Å². The number of aliphatic hydroxyl groups is 2. The number of aliphatic hydroxyl groups excluding tert-OH is 2. The van der Waals surface area contributed by atoms with Crippen molar-refractivity contribution in [3.05, 3.63) is 0 Å². The third-order valence-corrected chi connectivity index (χ3v) is 1.32. The molecule has 0 saturated heterocycles. The van der Waals surface area contributed by atoms with Crippen LogP contribution in [0.2, 0.25) is 0 Å². The molecule has 0 aromatic heterocycles. The Hall–Kier alpha value is 1.40. The predicted octanol–water partition coefficient (Wildman–Crippen LogP) is 0.00530. The Labute approximate surface area is 99.9 Å². The summed E-state index contributed by atoms with van der Waals surface area (Å²) in [6.45, 7) is 0.609. The van der Waals surface area contributed by atoms with Crippen molar-refractivity contribution >= 4 is 45.5 Å². The fourth-order valence-electron chi connectivity index (χ4n) is 0.754. The van der Waals surface area contributed by atoms with E-state index >= 15 is 0 Å². The van der Waals surface area contributed by atoms with Gasteiger partial charge in [0.1, 0.15) is 0 Å². The van der Waals surface area contributed by atoms with Crippen molar-refractivity contribution in [1.82, 2.24) is 0 Å². The number of rotatable bonds is 6. The van der Waals surface area contributed by atoms with Crippen molar-refractivity contribution in [3.63, 3.8) is 0 Å². The van der Waals surface area contributed by atoms with Gasteiger partial charge in [-0.25, -0.2) is 0 Å². The minimum atomic E-state index is 0. The molecule has 0 saturated carbocycles. The van der Waals surface area contributed by atoms with Crippen LogP contribution in [0.4, 0.5) is 0 Å². The zero-order valence-electron chi connectivity index (χ0n) is 5.84. The molecular formula is C7H18O2Sr. The van der Waals surface area contributed by atoms with E-state index in [-0.39, 0.29) is 45.5 Å². The molecule has 0 aliphatic heterocycles. The van der Waals surface area contributed by atoms with Gasteiger partial charge in [0.2, 0.25) is 0 Å². The van der Waals surface area contributed by atoms with Gasteiger partial charge in [-0.1, -0.05) is 19.3 Å². The molecule has 0 aliphatic rings. The van der Waals surface area contributed by atoms with Gasteiger partial charge in [0.15, 0.2) is 0 Å². The van der Waals surface area contributed by atoms with Crippen LogP contribution in [-0.2, 0) is 0 Å². The van der Waals surface area contributed by atoms with E-state index in [0.29, 0.717) is 13.2 Å². The van der Waals surface area contributed by atoms with Crippen molar-refractivity contribution in [2.45, 2.75) is 32.1 Å². The van der Waals surface area contributed by atoms with Crippen LogP contribution in [-0.4, -0.2) is 68.9 Å². The van der Waals surface area contributed by atoms with Crippen LogP contribution in [0.3, 0.4) is 0 Å². The maximum atomic E-state index is 8.37. The second-order valence-electron chi connectivity index (χ2n) is 2.21. The average molecular weight is 222 g/mol. The van der Waals surface area contributed by atoms with Crippen molar-refractivity contribution in [1.29, 1.82) is 0 Å². The van der Waals surface area contributed by atoms with Crippen LogP contribution in [0.15, 0.2) is 0 Å². The average Bonchev–Trinajstić information content (AvgIpc) is 1.89. The summed E-state index contributed by atoms with van der Waals surface area (Å²) < 4.78 is 0. The number of hydrogen-bond acceptors (Lipinski definition) is 2. The molecule has 2 N–H and O–H groups in total. The third kappa shape index (κ3) is 12.1. The van der Waals surface area contributed by atoms with Gasteiger partial charge >= 0.3 is 45.5 Å². The third-order valence-electron chi connectivity index (χ3n) is 1.32. The molecule has 0 fully saturated rings. The van der Waals surface area contributed by atoms with Crippen molar-refractivity contribution in [2.24, 2.45) is 0 Å². The monoisotopic (exact) mass is 222 g/mol. The number of unbranched alkanes of at least 4 members (excludes halogenated alkanes) is 4. The van der Waals surface area contributed by atoms with Gasteiger partial charge in [0, 0.05) is 13.2 Å². The predicted molar refractivity (Wildman–Crippen MR) is 45.8 cm³/mol. The Morgan fingerprint density at radius 3 is 1.20 bits per heavy atom. The summed E-state index contributed by atoms with van der Waals surface area (Å²) in [5.74, 6) is 0. The summed E-state index contributed by atoms with van der Waals surface area (Å²) in [7, 11) is 0. The summed E-state index contributed by atoms with van der Waals surface area (Å²) >= 11 is 0. The van der Waals surface area contributed by atoms with E-state index in [9.17, 15) is 0 Å². The normalized spacial score (nSPS) is 9.00. The maximum absolute atomic E-state index is 8.37. The van der Waals surface area contributed by atoms with E-state index in [1.165, 1.54) is 0 Å². The topological polar surface area (TPSA) is 40.5 Å². The van der Waals surface area contributed by atoms with Gasteiger partial charge in [-0.15, -0.1) is 0 Å². The fourth-order valence-corrected chi connectivity index (χ4v) is 0.754. The summed E-state index contributed by atoms with van der Waals surface area (Å²) in [6, 6.07) is 0. The molecule has 0 aromatic rings. The Kier molecular flexibility index (Phi) is 18.2. The Balaban J connectivity index is 0. The fraction of sp³-hybridized carbons (Fsp3) is 1.00. The van der Waals surface area contributed by atoms with Crippen LogP contribution in [0.1, 0.15) is 32.1 Å². The molecule has 2 nitrogen and oxygen atoms in total. The minimum absolute atomic E-state index is 0. The first-order valence-electron chi connectivity index (χ1n) is 3.63. The van der Waals surface area contributed by atoms with Crippen LogP contribution in [0.25, 0.3) is 0 Å². The molecule has 0 radical (unpaired) electrons. The molecule has 3 heteroatoms. The summed E-state index contributed by atoms with van der Waals surface area (Å²) in [5.41, 5.74) is 0. The molecule has 0 amide bonds. The van der Waals surface area contributed by atoms with E-state index < -0.39 is 0 Å². The van der Waals surface area contributed by atoms with E-state index in [0.717, 1.165) is 32.1 Å². The Morgan fingerprint density at radius 1 is 0.600 bits per heavy atom. The van der Waals surface area contributed by atoms with Gasteiger partial charge in [-0.2, -0.15) is 0 Å². The van der Waals surface area contributed by atoms with Crippen LogP contribution in [0.5, 0.6) is 0 Å². The van der Waals surface area contributed by atoms with E-state index in [2.05, 4.69) is 0 Å². The van der Waals surface area contributed by atoms with Crippen LogP contribution < -0.4 is 0 Å². The molecule has 0 spiro atoms. The SMILES string of the molecule is OCCCCCCCO.[SrH2]. The van der Waals surface area contributed by atoms with Gasteiger partial charge < -0.3 is 10.2 Å². The molecule has 60 valence electrons. The van der Waals surface area contributed by atoms with E-state index in [1.807, 2.05) is 0 Å². The molecule has 0 heterocycles. The second-order valence-corrected chi connectivity index (χ2v) is 2.21. The van der Waals surface area contributed by atoms with Crippen LogP contribution in [0, 0.1) is 0 Å². The molecule has 0 bridgehead atoms. The van der Waals surface area contributed by atoms with Crippen molar-refractivity contribution in [3.8, 4) is 0 Å². The Morgan fingerprint density at radius 2 is 0.900 bits per heavy atom. The molecular weight excluding hydrogens is 204 g/mol. The molecule has 0 aliphatic carbocycles. The van der Waals surface area contributed by atoms with Gasteiger partial charge in [0.05, 0.1) is 0 Å². The molecule has 10 heavy (non-hydrogen) atoms. The zero-order chi connectivity index (χ0) is 6.95. The Bertz CT molecular complexity index is 44.9. The van der Waals surface area contributed by atoms with Crippen molar-refractivity contribution < 1.29 is 10.2 Å². The molecule has 0 aromatic carbocycles. The quantitative estimate of drug-likeness (QED) is 0.490. The van der Waals surface area contributed by atoms with E-state index in [1.54, 1.807) is 0 Å². The van der Waals surface area contributed by atoms with Gasteiger partial charge in [-0.05, 0) is 12.8 Å². The molecule has 0 rings (SSSR count). The van der Waals surface area contributed by atoms with Crippen LogP contribution >= 0.6 is 0 Å². The number of hydrogen-bond donors (Lipinski definition) is 2. The zero-order valence-corrected chi connectivity index (χ0v) is 5.84. The summed E-state index contributed by atoms with van der Waals surface area (Å²) in [4.78, 5) is 0. The second kappa shape index (κ2) is 13.0. The first kappa shape index (κ1) is 14.0. The summed E-state index contributed by atoms with van der Waals surface area (Å²) in [6.07, 6.45) is 5.14. The first-order chi connectivity index (χ1) is 4.41. The standard InChI is InChI=1S/C7H16O2.Sr.2H/c8-6-4-2-1-3-5-7-9;;;/h8-9H,1-7H2;;;.